The summed E-state index contributed by atoms with van der Waals surface area (Å²) in [6.45, 7) is 6.59. The van der Waals surface area contributed by atoms with Crippen molar-refractivity contribution in [1.29, 1.82) is 0 Å². The van der Waals surface area contributed by atoms with Crippen LogP contribution in [0.15, 0.2) is 30.3 Å². The second kappa shape index (κ2) is 6.89. The second-order valence-electron chi connectivity index (χ2n) is 6.14. The molecule has 2 rings (SSSR count). The van der Waals surface area contributed by atoms with Crippen LogP contribution in [0.3, 0.4) is 0 Å². The molecule has 1 fully saturated rings. The molecule has 1 aliphatic heterocycles. The maximum Gasteiger partial charge on any atom is 0.305 e. The minimum absolute atomic E-state index is 0.0156. The first kappa shape index (κ1) is 15.0. The quantitative estimate of drug-likeness (QED) is 0.893. The lowest BCUT2D eigenvalue weighted by Gasteiger charge is -2.38. The van der Waals surface area contributed by atoms with Crippen LogP contribution in [0.25, 0.3) is 0 Å². The van der Waals surface area contributed by atoms with Crippen molar-refractivity contribution >= 4 is 5.97 Å². The summed E-state index contributed by atoms with van der Waals surface area (Å²) in [5.41, 5.74) is 1.12. The van der Waals surface area contributed by atoms with Gasteiger partial charge in [0.25, 0.3) is 0 Å². The van der Waals surface area contributed by atoms with E-state index in [0.717, 1.165) is 30.5 Å². The molecule has 0 radical (unpaired) electrons. The van der Waals surface area contributed by atoms with Crippen LogP contribution in [0.4, 0.5) is 0 Å². The van der Waals surface area contributed by atoms with Crippen LogP contribution in [-0.2, 0) is 4.79 Å². The molecule has 1 heterocycles. The van der Waals surface area contributed by atoms with Gasteiger partial charge in [-0.1, -0.05) is 44.2 Å². The van der Waals surface area contributed by atoms with E-state index in [2.05, 4.69) is 18.7 Å². The summed E-state index contributed by atoms with van der Waals surface area (Å²) in [6, 6.07) is 10.1. The van der Waals surface area contributed by atoms with Crippen LogP contribution in [0.5, 0.6) is 0 Å². The minimum atomic E-state index is -0.718. The lowest BCUT2D eigenvalue weighted by molar-refractivity contribution is -0.138. The average Bonchev–Trinajstić information content (AvgIpc) is 2.45. The summed E-state index contributed by atoms with van der Waals surface area (Å²) in [5, 5.41) is 9.19. The zero-order valence-corrected chi connectivity index (χ0v) is 12.5. The number of likely N-dealkylation sites (tertiary alicyclic amines) is 1. The molecule has 3 heteroatoms. The van der Waals surface area contributed by atoms with Crippen LogP contribution in [0.2, 0.25) is 0 Å². The summed E-state index contributed by atoms with van der Waals surface area (Å²) >= 11 is 0. The summed E-state index contributed by atoms with van der Waals surface area (Å²) in [5.74, 6) is 0.795. The number of piperidine rings is 1. The summed E-state index contributed by atoms with van der Waals surface area (Å²) in [7, 11) is 0. The van der Waals surface area contributed by atoms with E-state index in [4.69, 9.17) is 0 Å². The SMILES string of the molecule is CC(C)C1CCN(C(CC(=O)O)c2ccccc2)CC1. The van der Waals surface area contributed by atoms with Crippen LogP contribution >= 0.6 is 0 Å². The fraction of sp³-hybridized carbons (Fsp3) is 0.588. The van der Waals surface area contributed by atoms with Crippen LogP contribution < -0.4 is 0 Å². The smallest absolute Gasteiger partial charge is 0.305 e. The topological polar surface area (TPSA) is 40.5 Å². The number of hydrogen-bond acceptors (Lipinski definition) is 2. The maximum absolute atomic E-state index is 11.2. The third kappa shape index (κ3) is 3.83. The Hall–Kier alpha value is -1.35. The Kier molecular flexibility index (Phi) is 5.18. The van der Waals surface area contributed by atoms with Gasteiger partial charge in [0, 0.05) is 6.04 Å². The van der Waals surface area contributed by atoms with E-state index < -0.39 is 5.97 Å². The molecular weight excluding hydrogens is 250 g/mol. The molecule has 0 saturated carbocycles. The molecule has 1 atom stereocenters. The Bertz CT molecular complexity index is 422. The van der Waals surface area contributed by atoms with Crippen molar-refractivity contribution in [3.8, 4) is 0 Å². The molecule has 1 aliphatic rings. The summed E-state index contributed by atoms with van der Waals surface area (Å²) in [6.07, 6.45) is 2.55. The Morgan fingerprint density at radius 2 is 1.85 bits per heavy atom. The van der Waals surface area contributed by atoms with Gasteiger partial charge in [-0.2, -0.15) is 0 Å². The van der Waals surface area contributed by atoms with Crippen molar-refractivity contribution in [2.24, 2.45) is 11.8 Å². The van der Waals surface area contributed by atoms with E-state index in [1.165, 1.54) is 12.8 Å². The number of carbonyl (C=O) groups is 1. The van der Waals surface area contributed by atoms with E-state index in [1.54, 1.807) is 0 Å². The monoisotopic (exact) mass is 275 g/mol. The number of aliphatic carboxylic acids is 1. The molecule has 110 valence electrons. The second-order valence-corrected chi connectivity index (χ2v) is 6.14. The molecule has 3 nitrogen and oxygen atoms in total. The van der Waals surface area contributed by atoms with Gasteiger partial charge >= 0.3 is 5.97 Å². The number of carboxylic acids is 1. The Labute approximate surface area is 121 Å². The highest BCUT2D eigenvalue weighted by Crippen LogP contribution is 2.31. The molecule has 0 spiro atoms. The first-order valence-corrected chi connectivity index (χ1v) is 7.58. The van der Waals surface area contributed by atoms with Crippen molar-refractivity contribution in [1.82, 2.24) is 4.90 Å². The molecule has 1 N–H and O–H groups in total. The van der Waals surface area contributed by atoms with Crippen molar-refractivity contribution < 1.29 is 9.90 Å². The van der Waals surface area contributed by atoms with Gasteiger partial charge in [-0.15, -0.1) is 0 Å². The molecule has 0 aromatic heterocycles. The van der Waals surface area contributed by atoms with E-state index in [1.807, 2.05) is 30.3 Å². The lowest BCUT2D eigenvalue weighted by atomic mass is 9.85. The maximum atomic E-state index is 11.2. The van der Waals surface area contributed by atoms with Crippen molar-refractivity contribution in [2.75, 3.05) is 13.1 Å². The predicted octanol–water partition coefficient (Wildman–Crippen LogP) is 3.57. The molecule has 0 bridgehead atoms. The standard InChI is InChI=1S/C17H25NO2/c1-13(2)14-8-10-18(11-9-14)16(12-17(19)20)15-6-4-3-5-7-15/h3-7,13-14,16H,8-12H2,1-2H3,(H,19,20). The van der Waals surface area contributed by atoms with Crippen LogP contribution in [0.1, 0.15) is 44.7 Å². The first-order chi connectivity index (χ1) is 9.58. The zero-order valence-electron chi connectivity index (χ0n) is 12.5. The molecule has 1 aromatic rings. The van der Waals surface area contributed by atoms with Crippen molar-refractivity contribution in [3.05, 3.63) is 35.9 Å². The Morgan fingerprint density at radius 3 is 2.35 bits per heavy atom. The highest BCUT2D eigenvalue weighted by molar-refractivity contribution is 5.68. The van der Waals surface area contributed by atoms with Gasteiger partial charge in [0.1, 0.15) is 0 Å². The molecule has 20 heavy (non-hydrogen) atoms. The van der Waals surface area contributed by atoms with Gasteiger partial charge in [-0.05, 0) is 43.3 Å². The van der Waals surface area contributed by atoms with Gasteiger partial charge in [-0.3, -0.25) is 9.69 Å². The highest BCUT2D eigenvalue weighted by Gasteiger charge is 2.28. The molecule has 1 unspecified atom stereocenters. The average molecular weight is 275 g/mol. The van der Waals surface area contributed by atoms with Gasteiger partial charge in [0.15, 0.2) is 0 Å². The largest absolute Gasteiger partial charge is 0.481 e. The third-order valence-electron chi connectivity index (χ3n) is 4.51. The van der Waals surface area contributed by atoms with Crippen LogP contribution in [-0.4, -0.2) is 29.1 Å². The third-order valence-corrected chi connectivity index (χ3v) is 4.51. The van der Waals surface area contributed by atoms with Gasteiger partial charge in [-0.25, -0.2) is 0 Å². The number of benzene rings is 1. The number of hydrogen-bond donors (Lipinski definition) is 1. The van der Waals surface area contributed by atoms with Crippen LogP contribution in [0, 0.1) is 11.8 Å². The fourth-order valence-corrected chi connectivity index (χ4v) is 3.20. The van der Waals surface area contributed by atoms with E-state index in [0.29, 0.717) is 0 Å². The predicted molar refractivity (Wildman–Crippen MR) is 80.6 cm³/mol. The molecule has 0 aliphatic carbocycles. The molecule has 1 saturated heterocycles. The van der Waals surface area contributed by atoms with E-state index in [9.17, 15) is 9.90 Å². The van der Waals surface area contributed by atoms with Gasteiger partial charge < -0.3 is 5.11 Å². The zero-order chi connectivity index (χ0) is 14.5. The van der Waals surface area contributed by atoms with Crippen molar-refractivity contribution in [2.45, 2.75) is 39.2 Å². The molecule has 1 aromatic carbocycles. The van der Waals surface area contributed by atoms with E-state index >= 15 is 0 Å². The molecular formula is C17H25NO2. The van der Waals surface area contributed by atoms with Gasteiger partial charge in [0.05, 0.1) is 6.42 Å². The normalized spacial score (nSPS) is 19.1. The van der Waals surface area contributed by atoms with Gasteiger partial charge in [0.2, 0.25) is 0 Å². The highest BCUT2D eigenvalue weighted by atomic mass is 16.4. The summed E-state index contributed by atoms with van der Waals surface area (Å²) in [4.78, 5) is 13.5. The Balaban J connectivity index is 2.07. The number of rotatable bonds is 5. The number of carboxylic acid groups (broad SMARTS) is 1. The number of nitrogens with zero attached hydrogens (tertiary/aromatic N) is 1. The minimum Gasteiger partial charge on any atom is -0.481 e. The van der Waals surface area contributed by atoms with Crippen molar-refractivity contribution in [3.63, 3.8) is 0 Å². The Morgan fingerprint density at radius 1 is 1.25 bits per heavy atom. The first-order valence-electron chi connectivity index (χ1n) is 7.58. The lowest BCUT2D eigenvalue weighted by Crippen LogP contribution is -2.38. The summed E-state index contributed by atoms with van der Waals surface area (Å²) < 4.78 is 0. The molecule has 0 amide bonds. The fourth-order valence-electron chi connectivity index (χ4n) is 3.20. The van der Waals surface area contributed by atoms with E-state index in [-0.39, 0.29) is 12.5 Å².